The van der Waals surface area contributed by atoms with E-state index in [1.807, 2.05) is 0 Å². The quantitative estimate of drug-likeness (QED) is 0.851. The minimum atomic E-state index is 0.596. The number of aromatic nitrogens is 1. The number of nitrogens with two attached hydrogens (primary N) is 1. The van der Waals surface area contributed by atoms with E-state index in [0.717, 1.165) is 24.5 Å². The van der Waals surface area contributed by atoms with Gasteiger partial charge in [-0.2, -0.15) is 0 Å². The molecule has 0 aliphatic carbocycles. The second-order valence-corrected chi connectivity index (χ2v) is 3.92. The Bertz CT molecular complexity index is 445. The highest BCUT2D eigenvalue weighted by molar-refractivity contribution is 5.23. The number of nitrogens with zero attached hydrogens (tertiary/aromatic N) is 1. The van der Waals surface area contributed by atoms with Crippen LogP contribution in [-0.4, -0.2) is 11.5 Å². The number of benzene rings is 1. The van der Waals surface area contributed by atoms with E-state index in [1.54, 1.807) is 6.20 Å². The lowest BCUT2D eigenvalue weighted by Gasteiger charge is -1.98. The summed E-state index contributed by atoms with van der Waals surface area (Å²) in [5.74, 6) is 1.62. The van der Waals surface area contributed by atoms with Crippen LogP contribution in [0.3, 0.4) is 0 Å². The summed E-state index contributed by atoms with van der Waals surface area (Å²) in [4.78, 5) is 4.23. The zero-order valence-electron chi connectivity index (χ0n) is 9.44. The van der Waals surface area contributed by atoms with Gasteiger partial charge < -0.3 is 10.2 Å². The topological polar surface area (TPSA) is 52.0 Å². The van der Waals surface area contributed by atoms with E-state index in [0.29, 0.717) is 6.54 Å². The van der Waals surface area contributed by atoms with Crippen LogP contribution in [0, 0.1) is 6.92 Å². The molecule has 0 aliphatic heterocycles. The van der Waals surface area contributed by atoms with Crippen molar-refractivity contribution < 1.29 is 4.42 Å². The molecule has 0 bridgehead atoms. The molecule has 1 aromatic carbocycles. The van der Waals surface area contributed by atoms with Crippen molar-refractivity contribution in [1.82, 2.24) is 4.98 Å². The fraction of sp³-hybridized carbons (Fsp3) is 0.308. The van der Waals surface area contributed by atoms with Gasteiger partial charge in [0.05, 0.1) is 6.20 Å². The molecule has 0 radical (unpaired) electrons. The minimum absolute atomic E-state index is 0.596. The average Bonchev–Trinajstić information content (AvgIpc) is 2.70. The van der Waals surface area contributed by atoms with E-state index in [9.17, 15) is 0 Å². The number of rotatable bonds is 4. The number of oxazole rings is 1. The Kier molecular flexibility index (Phi) is 3.37. The highest BCUT2D eigenvalue weighted by Crippen LogP contribution is 2.11. The molecule has 0 saturated carbocycles. The summed E-state index contributed by atoms with van der Waals surface area (Å²) < 4.78 is 5.57. The van der Waals surface area contributed by atoms with Gasteiger partial charge in [0.15, 0.2) is 5.89 Å². The summed E-state index contributed by atoms with van der Waals surface area (Å²) in [7, 11) is 0. The fourth-order valence-corrected chi connectivity index (χ4v) is 1.57. The Balaban J connectivity index is 2.05. The molecule has 3 heteroatoms. The smallest absolute Gasteiger partial charge is 0.198 e. The normalized spacial score (nSPS) is 10.6. The third kappa shape index (κ3) is 2.70. The van der Waals surface area contributed by atoms with Crippen LogP contribution >= 0.6 is 0 Å². The second-order valence-electron chi connectivity index (χ2n) is 3.92. The van der Waals surface area contributed by atoms with Gasteiger partial charge in [-0.05, 0) is 19.0 Å². The van der Waals surface area contributed by atoms with Crippen molar-refractivity contribution in [3.63, 3.8) is 0 Å². The molecule has 1 aromatic heterocycles. The van der Waals surface area contributed by atoms with E-state index in [1.165, 1.54) is 11.1 Å². The lowest BCUT2D eigenvalue weighted by Crippen LogP contribution is -2.01. The molecule has 0 spiro atoms. The van der Waals surface area contributed by atoms with Gasteiger partial charge in [0.25, 0.3) is 0 Å². The van der Waals surface area contributed by atoms with Gasteiger partial charge in [0, 0.05) is 12.8 Å². The Labute approximate surface area is 95.3 Å². The lowest BCUT2D eigenvalue weighted by atomic mass is 10.1. The highest BCUT2D eigenvalue weighted by Gasteiger charge is 2.04. The van der Waals surface area contributed by atoms with Crippen LogP contribution in [0.2, 0.25) is 0 Å². The summed E-state index contributed by atoms with van der Waals surface area (Å²) in [6.07, 6.45) is 3.25. The van der Waals surface area contributed by atoms with Gasteiger partial charge in [-0.25, -0.2) is 4.98 Å². The molecule has 16 heavy (non-hydrogen) atoms. The molecule has 0 aliphatic rings. The predicted octanol–water partition coefficient (Wildman–Crippen LogP) is 2.08. The molecule has 0 saturated heterocycles. The van der Waals surface area contributed by atoms with Crippen LogP contribution in [-0.2, 0) is 12.8 Å². The molecular weight excluding hydrogens is 200 g/mol. The zero-order valence-corrected chi connectivity index (χ0v) is 9.44. The average molecular weight is 216 g/mol. The first-order valence-corrected chi connectivity index (χ1v) is 5.47. The minimum Gasteiger partial charge on any atom is -0.445 e. The third-order valence-electron chi connectivity index (χ3n) is 2.47. The second kappa shape index (κ2) is 4.94. The number of hydrogen-bond acceptors (Lipinski definition) is 3. The van der Waals surface area contributed by atoms with E-state index in [-0.39, 0.29) is 0 Å². The van der Waals surface area contributed by atoms with Crippen LogP contribution in [0.25, 0.3) is 0 Å². The Hall–Kier alpha value is -1.61. The predicted molar refractivity (Wildman–Crippen MR) is 63.2 cm³/mol. The summed E-state index contributed by atoms with van der Waals surface area (Å²) in [5.41, 5.74) is 7.93. The Morgan fingerprint density at radius 1 is 1.25 bits per heavy atom. The summed E-state index contributed by atoms with van der Waals surface area (Å²) in [6, 6.07) is 8.39. The Morgan fingerprint density at radius 3 is 2.69 bits per heavy atom. The molecular formula is C13H16N2O. The van der Waals surface area contributed by atoms with Crippen molar-refractivity contribution in [3.05, 3.63) is 53.2 Å². The Morgan fingerprint density at radius 2 is 2.00 bits per heavy atom. The maximum Gasteiger partial charge on any atom is 0.198 e. The van der Waals surface area contributed by atoms with Gasteiger partial charge >= 0.3 is 0 Å². The highest BCUT2D eigenvalue weighted by atomic mass is 16.4. The van der Waals surface area contributed by atoms with Crippen LogP contribution in [0.5, 0.6) is 0 Å². The molecule has 1 heterocycles. The van der Waals surface area contributed by atoms with Crippen LogP contribution in [0.1, 0.15) is 22.8 Å². The lowest BCUT2D eigenvalue weighted by molar-refractivity contribution is 0.464. The van der Waals surface area contributed by atoms with Gasteiger partial charge in [0.1, 0.15) is 5.76 Å². The van der Waals surface area contributed by atoms with Crippen molar-refractivity contribution in [2.75, 3.05) is 6.54 Å². The standard InChI is InChI=1S/C13H16N2O/c1-10-2-4-11(5-3-10)8-13-15-9-12(16-13)6-7-14/h2-5,9H,6-8,14H2,1H3. The maximum absolute atomic E-state index is 5.57. The molecule has 2 rings (SSSR count). The molecule has 0 fully saturated rings. The molecule has 2 aromatic rings. The maximum atomic E-state index is 5.57. The fourth-order valence-electron chi connectivity index (χ4n) is 1.57. The largest absolute Gasteiger partial charge is 0.445 e. The van der Waals surface area contributed by atoms with E-state index in [4.69, 9.17) is 10.2 Å². The summed E-state index contributed by atoms with van der Waals surface area (Å²) in [6.45, 7) is 2.67. The van der Waals surface area contributed by atoms with Gasteiger partial charge in [-0.3, -0.25) is 0 Å². The first-order chi connectivity index (χ1) is 7.78. The summed E-state index contributed by atoms with van der Waals surface area (Å²) in [5, 5.41) is 0. The van der Waals surface area contributed by atoms with Gasteiger partial charge in [-0.1, -0.05) is 29.8 Å². The van der Waals surface area contributed by atoms with Crippen LogP contribution < -0.4 is 5.73 Å². The van der Waals surface area contributed by atoms with Gasteiger partial charge in [0.2, 0.25) is 0 Å². The third-order valence-corrected chi connectivity index (χ3v) is 2.47. The van der Waals surface area contributed by atoms with E-state index in [2.05, 4.69) is 36.2 Å². The molecule has 84 valence electrons. The van der Waals surface area contributed by atoms with Crippen LogP contribution in [0.15, 0.2) is 34.9 Å². The van der Waals surface area contributed by atoms with Crippen LogP contribution in [0.4, 0.5) is 0 Å². The first-order valence-electron chi connectivity index (χ1n) is 5.47. The first kappa shape index (κ1) is 10.9. The zero-order chi connectivity index (χ0) is 11.4. The molecule has 0 unspecified atom stereocenters. The van der Waals surface area contributed by atoms with Crippen molar-refractivity contribution in [3.8, 4) is 0 Å². The molecule has 3 nitrogen and oxygen atoms in total. The van der Waals surface area contributed by atoms with Crippen molar-refractivity contribution in [2.24, 2.45) is 5.73 Å². The van der Waals surface area contributed by atoms with Crippen molar-refractivity contribution >= 4 is 0 Å². The van der Waals surface area contributed by atoms with Crippen molar-refractivity contribution in [2.45, 2.75) is 19.8 Å². The van der Waals surface area contributed by atoms with E-state index >= 15 is 0 Å². The monoisotopic (exact) mass is 216 g/mol. The SMILES string of the molecule is Cc1ccc(Cc2ncc(CCN)o2)cc1. The summed E-state index contributed by atoms with van der Waals surface area (Å²) >= 11 is 0. The van der Waals surface area contributed by atoms with Crippen molar-refractivity contribution in [1.29, 1.82) is 0 Å². The number of aryl methyl sites for hydroxylation is 1. The molecule has 0 amide bonds. The van der Waals surface area contributed by atoms with E-state index < -0.39 is 0 Å². The molecule has 2 N–H and O–H groups in total. The number of hydrogen-bond donors (Lipinski definition) is 1. The van der Waals surface area contributed by atoms with Gasteiger partial charge in [-0.15, -0.1) is 0 Å². The molecule has 0 atom stereocenters.